The largest absolute Gasteiger partial charge is 0.418 e. The average molecular weight is 474 g/mol. The van der Waals surface area contributed by atoms with E-state index in [4.69, 9.17) is 4.98 Å². The topological polar surface area (TPSA) is 46.0 Å². The molecule has 1 saturated heterocycles. The standard InChI is InChI=1S/C24H26F3N5S/c1-23(2)12-17(7-8-28-23)32(4)22-29-19-6-5-14(11-20(19)33-22)15-9-16-13-31(3)30-21(16)18(10-15)24(25,26)27/h5-6,9-11,13,17,28H,7-8,12H2,1-4H3. The molecule has 0 amide bonds. The smallest absolute Gasteiger partial charge is 0.348 e. The fourth-order valence-corrected chi connectivity index (χ4v) is 5.75. The van der Waals surface area contributed by atoms with Gasteiger partial charge in [0.05, 0.1) is 15.8 Å². The van der Waals surface area contributed by atoms with Gasteiger partial charge < -0.3 is 10.2 Å². The number of alkyl halides is 3. The van der Waals surface area contributed by atoms with E-state index in [-0.39, 0.29) is 11.1 Å². The summed E-state index contributed by atoms with van der Waals surface area (Å²) in [5, 5.41) is 8.97. The molecule has 1 aliphatic rings. The van der Waals surface area contributed by atoms with E-state index in [0.29, 0.717) is 17.0 Å². The van der Waals surface area contributed by atoms with Crippen LogP contribution in [0, 0.1) is 0 Å². The van der Waals surface area contributed by atoms with Gasteiger partial charge in [-0.2, -0.15) is 18.3 Å². The minimum Gasteiger partial charge on any atom is -0.348 e. The molecule has 2 aromatic heterocycles. The van der Waals surface area contributed by atoms with Crippen molar-refractivity contribution < 1.29 is 13.2 Å². The second-order valence-electron chi connectivity index (χ2n) is 9.51. The third-order valence-corrected chi connectivity index (χ3v) is 7.52. The SMILES string of the molecule is CN(c1nc2ccc(-c3cc(C(F)(F)F)c4nn(C)cc4c3)cc2s1)C1CCNC(C)(C)C1. The number of fused-ring (bicyclic) bond motifs is 2. The highest BCUT2D eigenvalue weighted by molar-refractivity contribution is 7.22. The highest BCUT2D eigenvalue weighted by Crippen LogP contribution is 2.39. The van der Waals surface area contributed by atoms with E-state index in [1.807, 2.05) is 18.2 Å². The van der Waals surface area contributed by atoms with Crippen LogP contribution in [0.15, 0.2) is 36.5 Å². The fraction of sp³-hybridized carbons (Fsp3) is 0.417. The van der Waals surface area contributed by atoms with Crippen LogP contribution in [0.1, 0.15) is 32.3 Å². The second kappa shape index (κ2) is 7.70. The number of aryl methyl sites for hydroxylation is 1. The van der Waals surface area contributed by atoms with E-state index < -0.39 is 11.7 Å². The van der Waals surface area contributed by atoms with Gasteiger partial charge in [-0.15, -0.1) is 0 Å². The summed E-state index contributed by atoms with van der Waals surface area (Å²) in [7, 11) is 3.71. The van der Waals surface area contributed by atoms with Crippen LogP contribution in [-0.4, -0.2) is 39.9 Å². The van der Waals surface area contributed by atoms with E-state index >= 15 is 0 Å². The van der Waals surface area contributed by atoms with Crippen LogP contribution >= 0.6 is 11.3 Å². The van der Waals surface area contributed by atoms with E-state index in [0.717, 1.165) is 40.3 Å². The lowest BCUT2D eigenvalue weighted by atomic mass is 9.89. The number of thiazole rings is 1. The first-order valence-electron chi connectivity index (χ1n) is 10.9. The Labute approximate surface area is 194 Å². The summed E-state index contributed by atoms with van der Waals surface area (Å²) in [4.78, 5) is 7.06. The van der Waals surface area contributed by atoms with E-state index in [2.05, 4.69) is 36.2 Å². The van der Waals surface area contributed by atoms with Crippen LogP contribution in [0.5, 0.6) is 0 Å². The van der Waals surface area contributed by atoms with Crippen molar-refractivity contribution >= 4 is 37.6 Å². The molecule has 1 atom stereocenters. The Bertz CT molecular complexity index is 1340. The highest BCUT2D eigenvalue weighted by Gasteiger charge is 2.34. The minimum atomic E-state index is -4.48. The summed E-state index contributed by atoms with van der Waals surface area (Å²) < 4.78 is 43.6. The number of piperidine rings is 1. The molecule has 5 nitrogen and oxygen atoms in total. The zero-order valence-electron chi connectivity index (χ0n) is 19.0. The summed E-state index contributed by atoms with van der Waals surface area (Å²) in [6.07, 6.45) is -0.787. The molecule has 9 heteroatoms. The van der Waals surface area contributed by atoms with Gasteiger partial charge in [-0.3, -0.25) is 4.68 Å². The van der Waals surface area contributed by atoms with Crippen LogP contribution in [0.25, 0.3) is 32.2 Å². The van der Waals surface area contributed by atoms with Gasteiger partial charge in [0, 0.05) is 37.3 Å². The summed E-state index contributed by atoms with van der Waals surface area (Å²) >= 11 is 1.58. The Morgan fingerprint density at radius 3 is 2.70 bits per heavy atom. The number of nitrogens with one attached hydrogen (secondary N) is 1. The third-order valence-electron chi connectivity index (χ3n) is 6.42. The van der Waals surface area contributed by atoms with Crippen molar-refractivity contribution in [2.45, 2.75) is 44.4 Å². The molecule has 1 aliphatic heterocycles. The van der Waals surface area contributed by atoms with Crippen molar-refractivity contribution in [1.82, 2.24) is 20.1 Å². The molecular formula is C24H26F3N5S. The molecule has 1 unspecified atom stereocenters. The predicted molar refractivity (Wildman–Crippen MR) is 128 cm³/mol. The molecule has 3 heterocycles. The monoisotopic (exact) mass is 473 g/mol. The number of anilines is 1. The normalized spacial score (nSPS) is 18.8. The molecule has 0 spiro atoms. The van der Waals surface area contributed by atoms with E-state index in [9.17, 15) is 13.2 Å². The number of nitrogens with zero attached hydrogens (tertiary/aromatic N) is 4. The van der Waals surface area contributed by atoms with Gasteiger partial charge >= 0.3 is 6.18 Å². The summed E-state index contributed by atoms with van der Waals surface area (Å²) in [6.45, 7) is 5.40. The molecule has 2 aromatic carbocycles. The van der Waals surface area contributed by atoms with Crippen molar-refractivity contribution in [2.75, 3.05) is 18.5 Å². The molecule has 33 heavy (non-hydrogen) atoms. The van der Waals surface area contributed by atoms with Gasteiger partial charge in [0.15, 0.2) is 5.13 Å². The van der Waals surface area contributed by atoms with Crippen molar-refractivity contribution in [3.8, 4) is 11.1 Å². The van der Waals surface area contributed by atoms with Crippen LogP contribution in [-0.2, 0) is 13.2 Å². The maximum atomic E-state index is 13.7. The fourth-order valence-electron chi connectivity index (χ4n) is 4.71. The molecule has 0 radical (unpaired) electrons. The maximum Gasteiger partial charge on any atom is 0.418 e. The van der Waals surface area contributed by atoms with Gasteiger partial charge in [0.2, 0.25) is 0 Å². The first kappa shape index (κ1) is 22.2. The van der Waals surface area contributed by atoms with Crippen LogP contribution in [0.2, 0.25) is 0 Å². The molecule has 0 saturated carbocycles. The Morgan fingerprint density at radius 2 is 1.97 bits per heavy atom. The summed E-state index contributed by atoms with van der Waals surface area (Å²) in [5.74, 6) is 0. The highest BCUT2D eigenvalue weighted by atomic mass is 32.1. The van der Waals surface area contributed by atoms with E-state index in [1.165, 1.54) is 10.7 Å². The van der Waals surface area contributed by atoms with Gasteiger partial charge in [-0.25, -0.2) is 4.98 Å². The quantitative estimate of drug-likeness (QED) is 0.406. The van der Waals surface area contributed by atoms with Crippen molar-refractivity contribution in [3.63, 3.8) is 0 Å². The molecule has 0 aliphatic carbocycles. The lowest BCUT2D eigenvalue weighted by molar-refractivity contribution is -0.136. The predicted octanol–water partition coefficient (Wildman–Crippen LogP) is 5.84. The number of rotatable bonds is 3. The number of hydrogen-bond acceptors (Lipinski definition) is 5. The maximum absolute atomic E-state index is 13.7. The van der Waals surface area contributed by atoms with Gasteiger partial charge in [0.25, 0.3) is 0 Å². The van der Waals surface area contributed by atoms with Crippen molar-refractivity contribution in [2.24, 2.45) is 7.05 Å². The molecular weight excluding hydrogens is 447 g/mol. The Kier molecular flexibility index (Phi) is 5.17. The zero-order chi connectivity index (χ0) is 23.5. The lowest BCUT2D eigenvalue weighted by Crippen LogP contribution is -2.52. The van der Waals surface area contributed by atoms with Crippen LogP contribution < -0.4 is 10.2 Å². The van der Waals surface area contributed by atoms with Gasteiger partial charge in [-0.05, 0) is 68.6 Å². The molecule has 1 fully saturated rings. The van der Waals surface area contributed by atoms with Crippen LogP contribution in [0.4, 0.5) is 18.3 Å². The third kappa shape index (κ3) is 4.19. The first-order valence-corrected chi connectivity index (χ1v) is 11.8. The van der Waals surface area contributed by atoms with Crippen molar-refractivity contribution in [1.29, 1.82) is 0 Å². The minimum absolute atomic E-state index is 0.0265. The first-order chi connectivity index (χ1) is 15.5. The Morgan fingerprint density at radius 1 is 1.18 bits per heavy atom. The lowest BCUT2D eigenvalue weighted by Gasteiger charge is -2.40. The number of halogens is 3. The number of aromatic nitrogens is 3. The summed E-state index contributed by atoms with van der Waals surface area (Å²) in [5.41, 5.74) is 1.46. The Balaban J connectivity index is 1.52. The van der Waals surface area contributed by atoms with Crippen molar-refractivity contribution in [3.05, 3.63) is 42.1 Å². The van der Waals surface area contributed by atoms with Gasteiger partial charge in [-0.1, -0.05) is 17.4 Å². The molecule has 4 aromatic rings. The Hall–Kier alpha value is -2.65. The molecule has 1 N–H and O–H groups in total. The number of hydrogen-bond donors (Lipinski definition) is 1. The zero-order valence-corrected chi connectivity index (χ0v) is 19.8. The van der Waals surface area contributed by atoms with Gasteiger partial charge in [0.1, 0.15) is 5.52 Å². The number of benzene rings is 2. The molecule has 5 rings (SSSR count). The summed E-state index contributed by atoms with van der Waals surface area (Å²) in [6, 6.07) is 9.03. The molecule has 174 valence electrons. The molecule has 0 bridgehead atoms. The second-order valence-corrected chi connectivity index (χ2v) is 10.5. The van der Waals surface area contributed by atoms with E-state index in [1.54, 1.807) is 30.6 Å². The average Bonchev–Trinajstić information content (AvgIpc) is 3.32. The van der Waals surface area contributed by atoms with Crippen LogP contribution in [0.3, 0.4) is 0 Å².